The Morgan fingerprint density at radius 1 is 1.00 bits per heavy atom. The van der Waals surface area contributed by atoms with Crippen molar-refractivity contribution in [2.45, 2.75) is 39.5 Å². The van der Waals surface area contributed by atoms with Crippen molar-refractivity contribution in [3.05, 3.63) is 64.7 Å². The third-order valence-corrected chi connectivity index (χ3v) is 4.42. The second kappa shape index (κ2) is 9.96. The Bertz CT molecular complexity index is 1070. The average molecular weight is 400 g/mol. The molecule has 0 radical (unpaired) electrons. The van der Waals surface area contributed by atoms with Crippen LogP contribution in [0, 0.1) is 0 Å². The summed E-state index contributed by atoms with van der Waals surface area (Å²) in [6.07, 6.45) is 7.36. The van der Waals surface area contributed by atoms with E-state index in [4.69, 9.17) is 18.3 Å². The van der Waals surface area contributed by atoms with Crippen LogP contribution in [0.4, 0.5) is 4.39 Å². The highest BCUT2D eigenvalue weighted by Crippen LogP contribution is 2.35. The van der Waals surface area contributed by atoms with Crippen LogP contribution in [-0.4, -0.2) is 13.2 Å². The molecule has 0 fully saturated rings. The molecule has 0 atom stereocenters. The van der Waals surface area contributed by atoms with Crippen molar-refractivity contribution in [1.29, 1.82) is 0 Å². The number of benzene rings is 1. The lowest BCUT2D eigenvalue weighted by Crippen LogP contribution is -2.04. The average Bonchev–Trinajstić information content (AvgIpc) is 3.10. The van der Waals surface area contributed by atoms with Crippen molar-refractivity contribution in [1.82, 2.24) is 0 Å². The summed E-state index contributed by atoms with van der Waals surface area (Å²) in [5.41, 5.74) is 0.601. The van der Waals surface area contributed by atoms with E-state index in [1.807, 2.05) is 19.9 Å². The highest BCUT2D eigenvalue weighted by molar-refractivity contribution is 6.01. The predicted octanol–water partition coefficient (Wildman–Crippen LogP) is 6.27. The molecule has 0 N–H and O–H groups in total. The minimum Gasteiger partial charge on any atom is -0.498 e. The van der Waals surface area contributed by atoms with E-state index in [2.05, 4.69) is 0 Å². The van der Waals surface area contributed by atoms with Crippen LogP contribution in [-0.2, 0) is 4.74 Å². The van der Waals surface area contributed by atoms with Gasteiger partial charge in [0.15, 0.2) is 0 Å². The number of allylic oxidation sites excluding steroid dienone is 4. The zero-order chi connectivity index (χ0) is 20.6. The molecular weight excluding hydrogens is 375 g/mol. The SMILES string of the molecule is CC.O=c1ccc2c(OCCCOC3=CC=C(F)CCC3)c3ccoc3cc2o1. The van der Waals surface area contributed by atoms with E-state index in [1.165, 1.54) is 12.1 Å². The third-order valence-electron chi connectivity index (χ3n) is 4.42. The van der Waals surface area contributed by atoms with E-state index in [1.54, 1.807) is 24.5 Å². The first-order valence-corrected chi connectivity index (χ1v) is 9.95. The molecule has 2 aromatic heterocycles. The maximum Gasteiger partial charge on any atom is 0.336 e. The van der Waals surface area contributed by atoms with Crippen LogP contribution in [0.15, 0.2) is 67.9 Å². The lowest BCUT2D eigenvalue weighted by molar-refractivity contribution is 0.176. The molecule has 0 aliphatic heterocycles. The standard InChI is InChI=1S/C21H19FO5.C2H6/c22-14-3-1-4-15(6-5-14)24-10-2-11-26-21-16-7-8-20(23)27-19(16)13-18-17(21)9-12-25-18;1-2/h5-9,12-13H,1-4,10-11H2;1-2H3. The van der Waals surface area contributed by atoms with Gasteiger partial charge in [0.2, 0.25) is 0 Å². The molecule has 6 heteroatoms. The fourth-order valence-electron chi connectivity index (χ4n) is 3.10. The van der Waals surface area contributed by atoms with Crippen molar-refractivity contribution in [2.24, 2.45) is 0 Å². The molecule has 154 valence electrons. The minimum atomic E-state index is -0.421. The van der Waals surface area contributed by atoms with Crippen molar-refractivity contribution in [3.63, 3.8) is 0 Å². The number of fused-ring (bicyclic) bond motifs is 2. The molecule has 4 rings (SSSR count). The van der Waals surface area contributed by atoms with Gasteiger partial charge in [0.25, 0.3) is 0 Å². The molecule has 0 spiro atoms. The van der Waals surface area contributed by atoms with Gasteiger partial charge in [-0.05, 0) is 37.1 Å². The Hall–Kier alpha value is -3.02. The second-order valence-electron chi connectivity index (χ2n) is 6.35. The highest BCUT2D eigenvalue weighted by atomic mass is 19.1. The van der Waals surface area contributed by atoms with Crippen LogP contribution in [0.3, 0.4) is 0 Å². The molecule has 3 aromatic rings. The number of rotatable bonds is 6. The fraction of sp³-hybridized carbons (Fsp3) is 0.348. The molecule has 2 heterocycles. The third kappa shape index (κ3) is 5.08. The first-order chi connectivity index (χ1) is 14.2. The molecular formula is C23H25FO5. The van der Waals surface area contributed by atoms with Gasteiger partial charge < -0.3 is 18.3 Å². The van der Waals surface area contributed by atoms with Crippen molar-refractivity contribution >= 4 is 21.9 Å². The quantitative estimate of drug-likeness (QED) is 0.360. The Kier molecular flexibility index (Phi) is 7.11. The summed E-state index contributed by atoms with van der Waals surface area (Å²) in [7, 11) is 0. The Morgan fingerprint density at radius 2 is 1.79 bits per heavy atom. The van der Waals surface area contributed by atoms with E-state index in [0.29, 0.717) is 43.0 Å². The van der Waals surface area contributed by atoms with E-state index >= 15 is 0 Å². The molecule has 0 unspecified atom stereocenters. The van der Waals surface area contributed by atoms with Crippen LogP contribution in [0.25, 0.3) is 21.9 Å². The highest BCUT2D eigenvalue weighted by Gasteiger charge is 2.13. The molecule has 0 saturated heterocycles. The van der Waals surface area contributed by atoms with E-state index < -0.39 is 5.63 Å². The molecule has 1 aliphatic rings. The first-order valence-electron chi connectivity index (χ1n) is 9.95. The zero-order valence-corrected chi connectivity index (χ0v) is 16.7. The maximum absolute atomic E-state index is 13.2. The van der Waals surface area contributed by atoms with Gasteiger partial charge in [-0.1, -0.05) is 13.8 Å². The normalized spacial score (nSPS) is 13.9. The van der Waals surface area contributed by atoms with Gasteiger partial charge >= 0.3 is 5.63 Å². The number of halogens is 1. The van der Waals surface area contributed by atoms with E-state index in [9.17, 15) is 9.18 Å². The largest absolute Gasteiger partial charge is 0.498 e. The van der Waals surface area contributed by atoms with Gasteiger partial charge in [-0.2, -0.15) is 0 Å². The maximum atomic E-state index is 13.2. The molecule has 1 aromatic carbocycles. The second-order valence-corrected chi connectivity index (χ2v) is 6.35. The number of hydrogen-bond acceptors (Lipinski definition) is 5. The van der Waals surface area contributed by atoms with Crippen molar-refractivity contribution < 1.29 is 22.7 Å². The summed E-state index contributed by atoms with van der Waals surface area (Å²) in [5.74, 6) is 1.31. The summed E-state index contributed by atoms with van der Waals surface area (Å²) in [4.78, 5) is 11.5. The fourth-order valence-corrected chi connectivity index (χ4v) is 3.10. The lowest BCUT2D eigenvalue weighted by Gasteiger charge is -2.12. The molecule has 0 saturated carbocycles. The summed E-state index contributed by atoms with van der Waals surface area (Å²) in [6, 6.07) is 6.57. The Balaban J connectivity index is 0.00000117. The number of hydrogen-bond donors (Lipinski definition) is 0. The monoisotopic (exact) mass is 400 g/mol. The molecule has 0 amide bonds. The Labute approximate surface area is 168 Å². The van der Waals surface area contributed by atoms with Gasteiger partial charge in [0, 0.05) is 25.0 Å². The van der Waals surface area contributed by atoms with Gasteiger partial charge in [-0.3, -0.25) is 0 Å². The summed E-state index contributed by atoms with van der Waals surface area (Å²) in [5, 5.41) is 1.54. The molecule has 29 heavy (non-hydrogen) atoms. The van der Waals surface area contributed by atoms with Gasteiger partial charge in [0.05, 0.1) is 36.0 Å². The van der Waals surface area contributed by atoms with Crippen molar-refractivity contribution in [3.8, 4) is 5.75 Å². The summed E-state index contributed by atoms with van der Waals surface area (Å²) < 4.78 is 35.6. The lowest BCUT2D eigenvalue weighted by atomic mass is 10.1. The first kappa shape index (κ1) is 20.7. The van der Waals surface area contributed by atoms with E-state index in [0.717, 1.165) is 29.4 Å². The number of furan rings is 1. The molecule has 5 nitrogen and oxygen atoms in total. The van der Waals surface area contributed by atoms with E-state index in [-0.39, 0.29) is 5.83 Å². The summed E-state index contributed by atoms with van der Waals surface area (Å²) in [6.45, 7) is 4.91. The zero-order valence-electron chi connectivity index (χ0n) is 16.7. The van der Waals surface area contributed by atoms with Crippen LogP contribution < -0.4 is 10.4 Å². The van der Waals surface area contributed by atoms with Gasteiger partial charge in [-0.25, -0.2) is 9.18 Å². The van der Waals surface area contributed by atoms with Crippen molar-refractivity contribution in [2.75, 3.05) is 13.2 Å². The topological polar surface area (TPSA) is 61.8 Å². The van der Waals surface area contributed by atoms with Gasteiger partial charge in [-0.15, -0.1) is 0 Å². The molecule has 1 aliphatic carbocycles. The van der Waals surface area contributed by atoms with Crippen LogP contribution in [0.1, 0.15) is 39.5 Å². The summed E-state index contributed by atoms with van der Waals surface area (Å²) >= 11 is 0. The smallest absolute Gasteiger partial charge is 0.336 e. The number of ether oxygens (including phenoxy) is 2. The van der Waals surface area contributed by atoms with Crippen LogP contribution in [0.2, 0.25) is 0 Å². The van der Waals surface area contributed by atoms with Gasteiger partial charge in [0.1, 0.15) is 22.7 Å². The predicted molar refractivity (Wildman–Crippen MR) is 111 cm³/mol. The molecule has 0 bridgehead atoms. The Morgan fingerprint density at radius 3 is 2.66 bits per heavy atom. The van der Waals surface area contributed by atoms with Crippen LogP contribution in [0.5, 0.6) is 5.75 Å². The minimum absolute atomic E-state index is 0.108. The van der Waals surface area contributed by atoms with Crippen LogP contribution >= 0.6 is 0 Å².